The predicted molar refractivity (Wildman–Crippen MR) is 105 cm³/mol. The molecule has 0 saturated heterocycles. The van der Waals surface area contributed by atoms with Gasteiger partial charge in [0.05, 0.1) is 16.9 Å². The number of nitrogen functional groups attached to an aromatic ring is 1. The van der Waals surface area contributed by atoms with Crippen molar-refractivity contribution in [1.82, 2.24) is 9.97 Å². The average molecular weight is 342 g/mol. The maximum atomic E-state index is 9.43. The predicted octanol–water partition coefficient (Wildman–Crippen LogP) is 4.20. The number of phenols is 1. The van der Waals surface area contributed by atoms with Crippen LogP contribution in [0.25, 0.3) is 22.2 Å². The summed E-state index contributed by atoms with van der Waals surface area (Å²) in [5, 5.41) is 13.8. The van der Waals surface area contributed by atoms with Gasteiger partial charge in [0.1, 0.15) is 11.6 Å². The summed E-state index contributed by atoms with van der Waals surface area (Å²) >= 11 is 0. The average Bonchev–Trinajstić information content (AvgIpc) is 2.68. The quantitative estimate of drug-likeness (QED) is 0.518. The van der Waals surface area contributed by atoms with Crippen molar-refractivity contribution in [3.63, 3.8) is 0 Å². The molecule has 0 aliphatic rings. The lowest BCUT2D eigenvalue weighted by molar-refractivity contribution is 0.475. The van der Waals surface area contributed by atoms with Crippen LogP contribution in [-0.2, 0) is 6.54 Å². The highest BCUT2D eigenvalue weighted by Crippen LogP contribution is 2.25. The number of aromatic hydroxyl groups is 1. The Morgan fingerprint density at radius 3 is 2.65 bits per heavy atom. The van der Waals surface area contributed by atoms with Crippen molar-refractivity contribution in [1.29, 1.82) is 0 Å². The van der Waals surface area contributed by atoms with Gasteiger partial charge in [-0.05, 0) is 60.2 Å². The highest BCUT2D eigenvalue weighted by atomic mass is 16.3. The molecule has 0 fully saturated rings. The van der Waals surface area contributed by atoms with Crippen molar-refractivity contribution in [3.05, 3.63) is 78.5 Å². The minimum absolute atomic E-state index is 0.230. The van der Waals surface area contributed by atoms with Crippen LogP contribution in [0.15, 0.2) is 72.9 Å². The van der Waals surface area contributed by atoms with Crippen LogP contribution in [0, 0.1) is 0 Å². The monoisotopic (exact) mass is 342 g/mol. The van der Waals surface area contributed by atoms with E-state index < -0.39 is 0 Å². The van der Waals surface area contributed by atoms with Crippen LogP contribution in [0.3, 0.4) is 0 Å². The smallest absolute Gasteiger partial charge is 0.150 e. The van der Waals surface area contributed by atoms with Gasteiger partial charge in [0, 0.05) is 23.7 Å². The van der Waals surface area contributed by atoms with E-state index in [-0.39, 0.29) is 5.75 Å². The molecule has 2 aromatic carbocycles. The zero-order valence-corrected chi connectivity index (χ0v) is 14.1. The maximum Gasteiger partial charge on any atom is 0.150 e. The van der Waals surface area contributed by atoms with E-state index >= 15 is 0 Å². The first kappa shape index (κ1) is 15.9. The van der Waals surface area contributed by atoms with Crippen molar-refractivity contribution in [3.8, 4) is 17.0 Å². The standard InChI is InChI=1S/C21H18N4O/c22-18-8-10-20(15-4-6-17(26)7-5-15)25-21(18)24-13-14-3-9-19-16(12-14)2-1-11-23-19/h1-12,26H,13,22H2,(H,24,25). The first-order valence-electron chi connectivity index (χ1n) is 8.32. The molecule has 2 aromatic heterocycles. The molecule has 0 radical (unpaired) electrons. The number of nitrogens with two attached hydrogens (primary N) is 1. The van der Waals surface area contributed by atoms with E-state index in [1.165, 1.54) is 0 Å². The number of hydrogen-bond acceptors (Lipinski definition) is 5. The Kier molecular flexibility index (Phi) is 4.11. The molecule has 5 nitrogen and oxygen atoms in total. The first-order valence-corrected chi connectivity index (χ1v) is 8.32. The molecular weight excluding hydrogens is 324 g/mol. The second-order valence-electron chi connectivity index (χ2n) is 6.07. The Bertz CT molecular complexity index is 1060. The van der Waals surface area contributed by atoms with Crippen LogP contribution >= 0.6 is 0 Å². The van der Waals surface area contributed by atoms with Crippen molar-refractivity contribution in [2.75, 3.05) is 11.1 Å². The number of nitrogens with zero attached hydrogens (tertiary/aromatic N) is 2. The molecule has 2 heterocycles. The molecule has 0 aliphatic carbocycles. The molecule has 5 heteroatoms. The van der Waals surface area contributed by atoms with Crippen LogP contribution < -0.4 is 11.1 Å². The van der Waals surface area contributed by atoms with Gasteiger partial charge in [-0.15, -0.1) is 0 Å². The molecule has 128 valence electrons. The normalized spacial score (nSPS) is 10.8. The van der Waals surface area contributed by atoms with Gasteiger partial charge in [-0.2, -0.15) is 0 Å². The van der Waals surface area contributed by atoms with E-state index in [0.717, 1.165) is 27.7 Å². The number of rotatable bonds is 4. The number of anilines is 2. The fourth-order valence-corrected chi connectivity index (χ4v) is 2.83. The van der Waals surface area contributed by atoms with E-state index in [4.69, 9.17) is 5.73 Å². The van der Waals surface area contributed by atoms with Crippen LogP contribution in [0.1, 0.15) is 5.56 Å². The third-order valence-electron chi connectivity index (χ3n) is 4.22. The van der Waals surface area contributed by atoms with Gasteiger partial charge in [0.15, 0.2) is 0 Å². The molecule has 26 heavy (non-hydrogen) atoms. The fraction of sp³-hybridized carbons (Fsp3) is 0.0476. The van der Waals surface area contributed by atoms with Crippen molar-refractivity contribution < 1.29 is 5.11 Å². The number of fused-ring (bicyclic) bond motifs is 1. The molecule has 0 unspecified atom stereocenters. The highest BCUT2D eigenvalue weighted by molar-refractivity contribution is 5.79. The van der Waals surface area contributed by atoms with Crippen LogP contribution in [0.4, 0.5) is 11.5 Å². The number of phenolic OH excluding ortho intramolecular Hbond substituents is 1. The minimum Gasteiger partial charge on any atom is -0.508 e. The summed E-state index contributed by atoms with van der Waals surface area (Å²) in [6, 6.07) is 20.8. The van der Waals surface area contributed by atoms with E-state index in [0.29, 0.717) is 18.1 Å². The van der Waals surface area contributed by atoms with E-state index in [9.17, 15) is 5.11 Å². The molecule has 4 N–H and O–H groups in total. The topological polar surface area (TPSA) is 84.1 Å². The number of hydrogen-bond donors (Lipinski definition) is 3. The maximum absolute atomic E-state index is 9.43. The number of aromatic nitrogens is 2. The van der Waals surface area contributed by atoms with Gasteiger partial charge in [-0.25, -0.2) is 4.98 Å². The van der Waals surface area contributed by atoms with Gasteiger partial charge in [0.2, 0.25) is 0 Å². The summed E-state index contributed by atoms with van der Waals surface area (Å²) in [5.41, 5.74) is 10.5. The molecule has 4 rings (SSSR count). The molecular formula is C21H18N4O. The summed E-state index contributed by atoms with van der Waals surface area (Å²) in [6.45, 7) is 0.612. The lowest BCUT2D eigenvalue weighted by Crippen LogP contribution is -2.05. The summed E-state index contributed by atoms with van der Waals surface area (Å²) in [4.78, 5) is 8.96. The second-order valence-corrected chi connectivity index (χ2v) is 6.07. The van der Waals surface area contributed by atoms with Gasteiger partial charge in [-0.3, -0.25) is 4.98 Å². The molecule has 0 spiro atoms. The van der Waals surface area contributed by atoms with Crippen molar-refractivity contribution >= 4 is 22.4 Å². The van der Waals surface area contributed by atoms with E-state index in [2.05, 4.69) is 21.4 Å². The molecule has 4 aromatic rings. The van der Waals surface area contributed by atoms with Crippen molar-refractivity contribution in [2.24, 2.45) is 0 Å². The summed E-state index contributed by atoms with van der Waals surface area (Å²) in [7, 11) is 0. The SMILES string of the molecule is Nc1ccc(-c2ccc(O)cc2)nc1NCc1ccc2ncccc2c1. The van der Waals surface area contributed by atoms with Gasteiger partial charge in [-0.1, -0.05) is 12.1 Å². The second kappa shape index (κ2) is 6.72. The van der Waals surface area contributed by atoms with E-state index in [1.54, 1.807) is 18.3 Å². The first-order chi connectivity index (χ1) is 12.7. The van der Waals surface area contributed by atoms with Crippen molar-refractivity contribution in [2.45, 2.75) is 6.54 Å². The number of benzene rings is 2. The van der Waals surface area contributed by atoms with Crippen LogP contribution in [0.5, 0.6) is 5.75 Å². The summed E-state index contributed by atoms with van der Waals surface area (Å²) in [5.74, 6) is 0.871. The number of pyridine rings is 2. The Labute approximate surface area is 151 Å². The zero-order chi connectivity index (χ0) is 17.9. The summed E-state index contributed by atoms with van der Waals surface area (Å²) in [6.07, 6.45) is 1.79. The largest absolute Gasteiger partial charge is 0.508 e. The molecule has 0 bridgehead atoms. The molecule has 0 atom stereocenters. The number of nitrogens with one attached hydrogen (secondary N) is 1. The lowest BCUT2D eigenvalue weighted by Gasteiger charge is -2.11. The minimum atomic E-state index is 0.230. The van der Waals surface area contributed by atoms with Crippen LogP contribution in [-0.4, -0.2) is 15.1 Å². The highest BCUT2D eigenvalue weighted by Gasteiger charge is 2.06. The molecule has 0 amide bonds. The Hall–Kier alpha value is -3.60. The fourth-order valence-electron chi connectivity index (χ4n) is 2.83. The zero-order valence-electron chi connectivity index (χ0n) is 14.1. The lowest BCUT2D eigenvalue weighted by atomic mass is 10.1. The third-order valence-corrected chi connectivity index (χ3v) is 4.22. The Morgan fingerprint density at radius 2 is 1.81 bits per heavy atom. The third kappa shape index (κ3) is 3.28. The Balaban J connectivity index is 1.57. The molecule has 0 saturated carbocycles. The van der Waals surface area contributed by atoms with Gasteiger partial charge < -0.3 is 16.2 Å². The Morgan fingerprint density at radius 1 is 0.962 bits per heavy atom. The van der Waals surface area contributed by atoms with Gasteiger partial charge >= 0.3 is 0 Å². The van der Waals surface area contributed by atoms with Gasteiger partial charge in [0.25, 0.3) is 0 Å². The molecule has 0 aliphatic heterocycles. The summed E-state index contributed by atoms with van der Waals surface area (Å²) < 4.78 is 0. The van der Waals surface area contributed by atoms with Crippen LogP contribution in [0.2, 0.25) is 0 Å². The van der Waals surface area contributed by atoms with E-state index in [1.807, 2.05) is 48.5 Å².